The van der Waals surface area contributed by atoms with Gasteiger partial charge in [-0.1, -0.05) is 30.8 Å². The van der Waals surface area contributed by atoms with Crippen molar-refractivity contribution < 1.29 is 19.1 Å². The van der Waals surface area contributed by atoms with Crippen molar-refractivity contribution in [2.24, 2.45) is 5.92 Å². The highest BCUT2D eigenvalue weighted by Crippen LogP contribution is 2.35. The minimum atomic E-state index is -0.895. The maximum absolute atomic E-state index is 12.9. The number of nitrogens with one attached hydrogen (secondary N) is 2. The summed E-state index contributed by atoms with van der Waals surface area (Å²) in [6.45, 7) is 2.13. The molecular formula is C20H24N6O4S. The third kappa shape index (κ3) is 4.09. The first kappa shape index (κ1) is 21.2. The third-order valence-corrected chi connectivity index (χ3v) is 6.66. The molecule has 2 N–H and O–H groups in total. The first-order chi connectivity index (χ1) is 14.9. The van der Waals surface area contributed by atoms with E-state index in [4.69, 9.17) is 4.74 Å². The lowest BCUT2D eigenvalue weighted by atomic mass is 9.77. The summed E-state index contributed by atoms with van der Waals surface area (Å²) in [5.41, 5.74) is 2.28. The van der Waals surface area contributed by atoms with Gasteiger partial charge in [-0.2, -0.15) is 5.01 Å². The van der Waals surface area contributed by atoms with Gasteiger partial charge in [0.2, 0.25) is 5.91 Å². The number of nitrogens with zero attached hydrogens (tertiary/aromatic N) is 4. The van der Waals surface area contributed by atoms with E-state index in [9.17, 15) is 14.4 Å². The van der Waals surface area contributed by atoms with Gasteiger partial charge in [-0.05, 0) is 43.7 Å². The molecule has 1 aliphatic carbocycles. The van der Waals surface area contributed by atoms with E-state index in [0.717, 1.165) is 35.3 Å². The van der Waals surface area contributed by atoms with E-state index in [1.807, 2.05) is 24.3 Å². The molecule has 0 radical (unpaired) electrons. The highest BCUT2D eigenvalue weighted by molar-refractivity contribution is 7.99. The van der Waals surface area contributed by atoms with Crippen LogP contribution in [-0.2, 0) is 9.59 Å². The summed E-state index contributed by atoms with van der Waals surface area (Å²) in [5.74, 6) is 0.245. The standard InChI is InChI=1S/C20H24N6O4S/c1-13-7-9-20(10-8-13)17(28)26(18(29)22-20)24-16(27)11-31-19-23-21-12-25(19)14-5-3-4-6-15(14)30-2/h3-6,12-13H,7-11H2,1-2H3,(H,22,29)(H,24,27). The highest BCUT2D eigenvalue weighted by Gasteiger charge is 2.52. The summed E-state index contributed by atoms with van der Waals surface area (Å²) in [6, 6.07) is 6.79. The van der Waals surface area contributed by atoms with Crippen LogP contribution >= 0.6 is 11.8 Å². The van der Waals surface area contributed by atoms with E-state index in [-0.39, 0.29) is 11.7 Å². The van der Waals surface area contributed by atoms with Gasteiger partial charge in [0.25, 0.3) is 5.91 Å². The fourth-order valence-electron chi connectivity index (χ4n) is 3.92. The molecule has 31 heavy (non-hydrogen) atoms. The van der Waals surface area contributed by atoms with E-state index in [0.29, 0.717) is 29.7 Å². The molecular weight excluding hydrogens is 420 g/mol. The van der Waals surface area contributed by atoms with Gasteiger partial charge in [0.1, 0.15) is 17.6 Å². The number of hydrogen-bond acceptors (Lipinski definition) is 7. The number of thioether (sulfide) groups is 1. The summed E-state index contributed by atoms with van der Waals surface area (Å²) in [6.07, 6.45) is 4.43. The molecule has 1 saturated heterocycles. The Morgan fingerprint density at radius 3 is 2.81 bits per heavy atom. The zero-order valence-corrected chi connectivity index (χ0v) is 18.1. The topological polar surface area (TPSA) is 118 Å². The third-order valence-electron chi connectivity index (χ3n) is 5.72. The van der Waals surface area contributed by atoms with Crippen LogP contribution in [0.15, 0.2) is 35.7 Å². The van der Waals surface area contributed by atoms with Crippen LogP contribution in [0.1, 0.15) is 32.6 Å². The summed E-state index contributed by atoms with van der Waals surface area (Å²) >= 11 is 1.14. The predicted molar refractivity (Wildman–Crippen MR) is 113 cm³/mol. The smallest absolute Gasteiger partial charge is 0.344 e. The Kier molecular flexibility index (Phi) is 5.86. The van der Waals surface area contributed by atoms with Gasteiger partial charge in [-0.25, -0.2) is 4.79 Å². The maximum Gasteiger partial charge on any atom is 0.344 e. The number of benzene rings is 1. The average Bonchev–Trinajstić information content (AvgIpc) is 3.33. The van der Waals surface area contributed by atoms with Crippen LogP contribution in [0, 0.1) is 5.92 Å². The van der Waals surface area contributed by atoms with Crippen molar-refractivity contribution in [1.82, 2.24) is 30.5 Å². The number of carbonyl (C=O) groups is 3. The maximum atomic E-state index is 12.9. The molecule has 0 atom stereocenters. The van der Waals surface area contributed by atoms with Gasteiger partial charge in [-0.15, -0.1) is 10.2 Å². The number of methoxy groups -OCH3 is 1. The van der Waals surface area contributed by atoms with Crippen LogP contribution in [0.5, 0.6) is 5.75 Å². The lowest BCUT2D eigenvalue weighted by Gasteiger charge is -2.33. The first-order valence-electron chi connectivity index (χ1n) is 10.1. The monoisotopic (exact) mass is 444 g/mol. The number of aromatic nitrogens is 3. The van der Waals surface area contributed by atoms with Gasteiger partial charge in [0.15, 0.2) is 5.16 Å². The van der Waals surface area contributed by atoms with Crippen molar-refractivity contribution >= 4 is 29.6 Å². The molecule has 2 heterocycles. The van der Waals surface area contributed by atoms with Gasteiger partial charge < -0.3 is 10.1 Å². The second kappa shape index (κ2) is 8.58. The number of hydrogen-bond donors (Lipinski definition) is 2. The summed E-state index contributed by atoms with van der Waals surface area (Å²) < 4.78 is 7.08. The number of ether oxygens (including phenoxy) is 1. The lowest BCUT2D eigenvalue weighted by Crippen LogP contribution is -2.51. The molecule has 1 aliphatic heterocycles. The fourth-order valence-corrected chi connectivity index (χ4v) is 4.63. The van der Waals surface area contributed by atoms with E-state index < -0.39 is 17.5 Å². The molecule has 0 bridgehead atoms. The van der Waals surface area contributed by atoms with E-state index in [2.05, 4.69) is 27.9 Å². The van der Waals surface area contributed by atoms with Crippen LogP contribution in [0.3, 0.4) is 0 Å². The molecule has 0 unspecified atom stereocenters. The molecule has 164 valence electrons. The van der Waals surface area contributed by atoms with Crippen molar-refractivity contribution in [3.63, 3.8) is 0 Å². The molecule has 1 aromatic heterocycles. The van der Waals surface area contributed by atoms with E-state index >= 15 is 0 Å². The Balaban J connectivity index is 1.39. The number of imide groups is 1. The van der Waals surface area contributed by atoms with Crippen molar-refractivity contribution in [2.75, 3.05) is 12.9 Å². The number of hydrazine groups is 1. The van der Waals surface area contributed by atoms with Gasteiger partial charge in [0, 0.05) is 0 Å². The zero-order valence-electron chi connectivity index (χ0n) is 17.3. The van der Waals surface area contributed by atoms with Crippen LogP contribution < -0.4 is 15.5 Å². The van der Waals surface area contributed by atoms with Crippen LogP contribution in [0.2, 0.25) is 0 Å². The van der Waals surface area contributed by atoms with Gasteiger partial charge in [-0.3, -0.25) is 19.6 Å². The lowest BCUT2D eigenvalue weighted by molar-refractivity contribution is -0.139. The van der Waals surface area contributed by atoms with Crippen molar-refractivity contribution in [3.05, 3.63) is 30.6 Å². The largest absolute Gasteiger partial charge is 0.495 e. The number of carbonyl (C=O) groups excluding carboxylic acids is 3. The quantitative estimate of drug-likeness (QED) is 0.516. The Labute approximate surface area is 183 Å². The van der Waals surface area contributed by atoms with Gasteiger partial charge >= 0.3 is 6.03 Å². The number of para-hydroxylation sites is 2. The van der Waals surface area contributed by atoms with Crippen LogP contribution in [-0.4, -0.2) is 56.0 Å². The Hall–Kier alpha value is -3.08. The van der Waals surface area contributed by atoms with Crippen molar-refractivity contribution in [3.8, 4) is 11.4 Å². The minimum absolute atomic E-state index is 0.0467. The van der Waals surface area contributed by atoms with E-state index in [1.165, 1.54) is 6.33 Å². The van der Waals surface area contributed by atoms with E-state index in [1.54, 1.807) is 11.7 Å². The molecule has 2 aromatic rings. The summed E-state index contributed by atoms with van der Waals surface area (Å²) in [7, 11) is 1.57. The molecule has 4 amide bonds. The Morgan fingerprint density at radius 1 is 1.32 bits per heavy atom. The second-order valence-electron chi connectivity index (χ2n) is 7.81. The Morgan fingerprint density at radius 2 is 2.06 bits per heavy atom. The van der Waals surface area contributed by atoms with Gasteiger partial charge in [0.05, 0.1) is 18.6 Å². The highest BCUT2D eigenvalue weighted by atomic mass is 32.2. The Bertz CT molecular complexity index is 1000. The average molecular weight is 445 g/mol. The number of amides is 4. The summed E-state index contributed by atoms with van der Waals surface area (Å²) in [4.78, 5) is 37.7. The van der Waals surface area contributed by atoms with Crippen LogP contribution in [0.25, 0.3) is 5.69 Å². The molecule has 2 aliphatic rings. The fraction of sp³-hybridized carbons (Fsp3) is 0.450. The number of urea groups is 1. The number of rotatable bonds is 6. The normalized spacial score (nSPS) is 23.2. The first-order valence-corrected chi connectivity index (χ1v) is 11.0. The molecule has 1 saturated carbocycles. The molecule has 11 heteroatoms. The predicted octanol–water partition coefficient (Wildman–Crippen LogP) is 1.90. The SMILES string of the molecule is COc1ccccc1-n1cnnc1SCC(=O)NN1C(=O)NC2(CCC(C)CC2)C1=O. The molecule has 4 rings (SSSR count). The second-order valence-corrected chi connectivity index (χ2v) is 8.76. The molecule has 2 fully saturated rings. The molecule has 1 spiro atoms. The van der Waals surface area contributed by atoms with Crippen molar-refractivity contribution in [2.45, 2.75) is 43.3 Å². The molecule has 10 nitrogen and oxygen atoms in total. The van der Waals surface area contributed by atoms with Crippen molar-refractivity contribution in [1.29, 1.82) is 0 Å². The zero-order chi connectivity index (χ0) is 22.0. The minimum Gasteiger partial charge on any atom is -0.495 e. The van der Waals surface area contributed by atoms with Crippen LogP contribution in [0.4, 0.5) is 4.79 Å². The summed E-state index contributed by atoms with van der Waals surface area (Å²) in [5, 5.41) is 12.1. The molecule has 1 aromatic carbocycles.